The van der Waals surface area contributed by atoms with Gasteiger partial charge in [-0.05, 0) is 31.8 Å². The molecule has 3 heterocycles. The summed E-state index contributed by atoms with van der Waals surface area (Å²) in [6.07, 6.45) is 7.38. The average Bonchev–Trinajstić information content (AvgIpc) is 2.67. The number of anilines is 3. The van der Waals surface area contributed by atoms with Crippen molar-refractivity contribution >= 4 is 27.2 Å². The molecule has 2 aromatic heterocycles. The number of pyridine rings is 1. The summed E-state index contributed by atoms with van der Waals surface area (Å²) in [6.45, 7) is 2.65. The molecule has 3 N–H and O–H groups in total. The fourth-order valence-corrected chi connectivity index (χ4v) is 3.64. The van der Waals surface area contributed by atoms with Crippen LogP contribution in [0.3, 0.4) is 0 Å². The summed E-state index contributed by atoms with van der Waals surface area (Å²) >= 11 is 0. The predicted molar refractivity (Wildman–Crippen MR) is 101 cm³/mol. The summed E-state index contributed by atoms with van der Waals surface area (Å²) in [5, 5.41) is 18.3. The molecule has 2 aromatic rings. The van der Waals surface area contributed by atoms with E-state index in [4.69, 9.17) is 5.26 Å². The number of nitriles is 1. The van der Waals surface area contributed by atoms with Gasteiger partial charge in [-0.1, -0.05) is 0 Å². The molecule has 1 fully saturated rings. The highest BCUT2D eigenvalue weighted by atomic mass is 32.2. The van der Waals surface area contributed by atoms with E-state index in [9.17, 15) is 8.42 Å². The Morgan fingerprint density at radius 2 is 1.93 bits per heavy atom. The maximum atomic E-state index is 12.1. The van der Waals surface area contributed by atoms with Crippen molar-refractivity contribution in [3.05, 3.63) is 30.4 Å². The number of piperidine rings is 1. The van der Waals surface area contributed by atoms with E-state index in [-0.39, 0.29) is 10.6 Å². The number of hydrogen-bond acceptors (Lipinski definition) is 9. The molecule has 0 spiro atoms. The lowest BCUT2D eigenvalue weighted by Gasteiger charge is -2.23. The van der Waals surface area contributed by atoms with Gasteiger partial charge in [-0.3, -0.25) is 0 Å². The Balaban J connectivity index is 1.79. The van der Waals surface area contributed by atoms with Crippen LogP contribution in [0, 0.1) is 17.2 Å². The van der Waals surface area contributed by atoms with Gasteiger partial charge >= 0.3 is 0 Å². The zero-order valence-corrected chi connectivity index (χ0v) is 15.8. The van der Waals surface area contributed by atoms with E-state index >= 15 is 0 Å². The second kappa shape index (κ2) is 8.28. The zero-order chi connectivity index (χ0) is 19.3. The molecular weight excluding hydrogens is 366 g/mol. The molecule has 1 aliphatic rings. The first-order valence-corrected chi connectivity index (χ1v) is 10.5. The smallest absolute Gasteiger partial charge is 0.179 e. The van der Waals surface area contributed by atoms with E-state index in [1.54, 1.807) is 6.07 Å². The SMILES string of the molecule is CS(=O)(=O)c1cnc(Nc2cnc(C#N)cn2)cc1NCC1CCNCC1. The highest BCUT2D eigenvalue weighted by molar-refractivity contribution is 7.90. The van der Waals surface area contributed by atoms with Crippen LogP contribution in [0.15, 0.2) is 29.6 Å². The minimum absolute atomic E-state index is 0.160. The number of sulfone groups is 1. The van der Waals surface area contributed by atoms with Crippen LogP contribution in [0.1, 0.15) is 18.5 Å². The molecule has 142 valence electrons. The molecule has 0 aliphatic carbocycles. The van der Waals surface area contributed by atoms with E-state index < -0.39 is 9.84 Å². The monoisotopic (exact) mass is 387 g/mol. The quantitative estimate of drug-likeness (QED) is 0.670. The summed E-state index contributed by atoms with van der Waals surface area (Å²) < 4.78 is 24.2. The normalized spacial score (nSPS) is 15.1. The maximum absolute atomic E-state index is 12.1. The lowest BCUT2D eigenvalue weighted by molar-refractivity contribution is 0.389. The standard InChI is InChI=1S/C17H21N7O2S/c1-27(25,26)15-10-23-16(24-17-11-20-13(7-18)9-22-17)6-14(15)21-8-12-2-4-19-5-3-12/h6,9-12,19H,2-5,8H2,1H3,(H2,21,22,23,24). The van der Waals surface area contributed by atoms with Crippen LogP contribution < -0.4 is 16.0 Å². The number of nitrogens with one attached hydrogen (secondary N) is 3. The summed E-state index contributed by atoms with van der Waals surface area (Å²) in [6, 6.07) is 3.55. The topological polar surface area (TPSA) is 133 Å². The van der Waals surface area contributed by atoms with Crippen LogP contribution in [-0.4, -0.2) is 49.3 Å². The largest absolute Gasteiger partial charge is 0.384 e. The third-order valence-electron chi connectivity index (χ3n) is 4.33. The minimum Gasteiger partial charge on any atom is -0.384 e. The summed E-state index contributed by atoms with van der Waals surface area (Å²) in [5.41, 5.74) is 0.723. The molecule has 0 bridgehead atoms. The molecular formula is C17H21N7O2S. The molecule has 0 unspecified atom stereocenters. The van der Waals surface area contributed by atoms with Crippen molar-refractivity contribution in [2.75, 3.05) is 36.5 Å². The minimum atomic E-state index is -3.41. The third kappa shape index (κ3) is 5.12. The van der Waals surface area contributed by atoms with Crippen molar-refractivity contribution in [2.45, 2.75) is 17.7 Å². The van der Waals surface area contributed by atoms with Crippen molar-refractivity contribution in [3.63, 3.8) is 0 Å². The van der Waals surface area contributed by atoms with Gasteiger partial charge in [0.05, 0.1) is 24.3 Å². The number of aromatic nitrogens is 3. The molecule has 10 heteroatoms. The molecule has 0 saturated carbocycles. The number of hydrogen-bond donors (Lipinski definition) is 3. The highest BCUT2D eigenvalue weighted by Gasteiger charge is 2.18. The summed E-state index contributed by atoms with van der Waals surface area (Å²) in [4.78, 5) is 12.3. The van der Waals surface area contributed by atoms with E-state index in [0.717, 1.165) is 25.9 Å². The molecule has 27 heavy (non-hydrogen) atoms. The first kappa shape index (κ1) is 19.0. The third-order valence-corrected chi connectivity index (χ3v) is 5.45. The van der Waals surface area contributed by atoms with Gasteiger partial charge in [0.25, 0.3) is 0 Å². The van der Waals surface area contributed by atoms with Crippen LogP contribution in [0.2, 0.25) is 0 Å². The Labute approximate surface area is 158 Å². The molecule has 0 atom stereocenters. The van der Waals surface area contributed by atoms with Gasteiger partial charge in [0.2, 0.25) is 0 Å². The molecule has 9 nitrogen and oxygen atoms in total. The Kier molecular flexibility index (Phi) is 5.83. The van der Waals surface area contributed by atoms with Crippen molar-refractivity contribution in [1.82, 2.24) is 20.3 Å². The van der Waals surface area contributed by atoms with E-state index in [1.165, 1.54) is 24.8 Å². The van der Waals surface area contributed by atoms with Crippen molar-refractivity contribution in [1.29, 1.82) is 5.26 Å². The van der Waals surface area contributed by atoms with Crippen LogP contribution in [0.4, 0.5) is 17.3 Å². The fraction of sp³-hybridized carbons (Fsp3) is 0.412. The second-order valence-corrected chi connectivity index (χ2v) is 8.42. The van der Waals surface area contributed by atoms with Gasteiger partial charge in [-0.2, -0.15) is 5.26 Å². The Morgan fingerprint density at radius 1 is 1.19 bits per heavy atom. The van der Waals surface area contributed by atoms with Crippen LogP contribution in [0.5, 0.6) is 0 Å². The highest BCUT2D eigenvalue weighted by Crippen LogP contribution is 2.25. The predicted octanol–water partition coefficient (Wildman–Crippen LogP) is 1.30. The van der Waals surface area contributed by atoms with Crippen LogP contribution in [-0.2, 0) is 9.84 Å². The molecule has 3 rings (SSSR count). The average molecular weight is 387 g/mol. The van der Waals surface area contributed by atoms with E-state index in [2.05, 4.69) is 30.9 Å². The van der Waals surface area contributed by atoms with Gasteiger partial charge in [0.1, 0.15) is 22.6 Å². The Bertz CT molecular complexity index is 933. The van der Waals surface area contributed by atoms with E-state index in [0.29, 0.717) is 29.8 Å². The Morgan fingerprint density at radius 3 is 2.56 bits per heavy atom. The molecule has 0 radical (unpaired) electrons. The van der Waals surface area contributed by atoms with Crippen molar-refractivity contribution in [2.24, 2.45) is 5.92 Å². The number of nitrogens with zero attached hydrogens (tertiary/aromatic N) is 4. The first-order valence-electron chi connectivity index (χ1n) is 8.59. The second-order valence-electron chi connectivity index (χ2n) is 6.44. The number of rotatable bonds is 6. The Hall–Kier alpha value is -2.77. The van der Waals surface area contributed by atoms with Crippen molar-refractivity contribution in [3.8, 4) is 6.07 Å². The van der Waals surface area contributed by atoms with Crippen LogP contribution >= 0.6 is 0 Å². The van der Waals surface area contributed by atoms with Gasteiger partial charge < -0.3 is 16.0 Å². The fourth-order valence-electron chi connectivity index (χ4n) is 2.87. The van der Waals surface area contributed by atoms with Crippen molar-refractivity contribution < 1.29 is 8.42 Å². The van der Waals surface area contributed by atoms with E-state index in [1.807, 2.05) is 6.07 Å². The molecule has 0 amide bonds. The lowest BCUT2D eigenvalue weighted by Crippen LogP contribution is -2.31. The maximum Gasteiger partial charge on any atom is 0.179 e. The van der Waals surface area contributed by atoms with Gasteiger partial charge in [0, 0.05) is 18.9 Å². The molecule has 1 saturated heterocycles. The first-order chi connectivity index (χ1) is 13.0. The molecule has 1 aliphatic heterocycles. The molecule has 0 aromatic carbocycles. The summed E-state index contributed by atoms with van der Waals surface area (Å²) in [5.74, 6) is 1.35. The zero-order valence-electron chi connectivity index (χ0n) is 14.9. The van der Waals surface area contributed by atoms with Gasteiger partial charge in [-0.15, -0.1) is 0 Å². The summed E-state index contributed by atoms with van der Waals surface area (Å²) in [7, 11) is -3.41. The van der Waals surface area contributed by atoms with Crippen LogP contribution in [0.25, 0.3) is 0 Å². The van der Waals surface area contributed by atoms with Gasteiger partial charge in [0.15, 0.2) is 15.5 Å². The lowest BCUT2D eigenvalue weighted by atomic mass is 9.98. The van der Waals surface area contributed by atoms with Gasteiger partial charge in [-0.25, -0.2) is 23.4 Å².